The summed E-state index contributed by atoms with van der Waals surface area (Å²) < 4.78 is 18.7. The number of cyclic esters (lactones) is 1. The van der Waals surface area contributed by atoms with E-state index in [0.29, 0.717) is 30.1 Å². The summed E-state index contributed by atoms with van der Waals surface area (Å²) in [5.41, 5.74) is 4.33. The number of fused-ring (bicyclic) bond motifs is 2. The minimum absolute atomic E-state index is 0.0202. The zero-order valence-corrected chi connectivity index (χ0v) is 15.5. The van der Waals surface area contributed by atoms with Gasteiger partial charge in [-0.3, -0.25) is 4.90 Å². The molecule has 144 valence electrons. The summed E-state index contributed by atoms with van der Waals surface area (Å²) >= 11 is 0. The molecular formula is C23H18FN3O2. The lowest BCUT2D eigenvalue weighted by molar-refractivity contribution is 0.154. The molecule has 6 heteroatoms. The summed E-state index contributed by atoms with van der Waals surface area (Å²) in [6, 6.07) is 18.1. The minimum Gasteiger partial charge on any atom is -0.447 e. The molecule has 0 radical (unpaired) electrons. The Morgan fingerprint density at radius 2 is 1.97 bits per heavy atom. The van der Waals surface area contributed by atoms with Crippen LogP contribution in [0.3, 0.4) is 0 Å². The van der Waals surface area contributed by atoms with E-state index in [2.05, 4.69) is 22.3 Å². The van der Waals surface area contributed by atoms with Crippen molar-refractivity contribution in [3.8, 4) is 11.3 Å². The number of halogens is 1. The number of aromatic nitrogens is 2. The Labute approximate surface area is 167 Å². The van der Waals surface area contributed by atoms with Gasteiger partial charge in [0.25, 0.3) is 0 Å². The Morgan fingerprint density at radius 1 is 1.07 bits per heavy atom. The quantitative estimate of drug-likeness (QED) is 0.668. The largest absolute Gasteiger partial charge is 0.447 e. The molecule has 1 fully saturated rings. The summed E-state index contributed by atoms with van der Waals surface area (Å²) in [6.45, 7) is 0.957. The molecule has 1 saturated heterocycles. The molecule has 0 aliphatic carbocycles. The summed E-state index contributed by atoms with van der Waals surface area (Å²) in [6.07, 6.45) is 3.71. The van der Waals surface area contributed by atoms with E-state index in [1.165, 1.54) is 17.7 Å². The Morgan fingerprint density at radius 3 is 2.79 bits per heavy atom. The number of rotatable bonds is 3. The molecule has 3 heterocycles. The Balaban J connectivity index is 1.42. The number of carbonyl (C=O) groups excluding carboxylic acids is 1. The number of hydrogen-bond acceptors (Lipinski definition) is 4. The van der Waals surface area contributed by atoms with Crippen LogP contribution in [0.15, 0.2) is 66.7 Å². The van der Waals surface area contributed by atoms with E-state index in [1.807, 2.05) is 36.4 Å². The Bertz CT molecular complexity index is 1100. The van der Waals surface area contributed by atoms with Crippen LogP contribution in [0.25, 0.3) is 17.3 Å². The van der Waals surface area contributed by atoms with Gasteiger partial charge in [-0.2, -0.15) is 5.10 Å². The number of benzene rings is 2. The van der Waals surface area contributed by atoms with Crippen LogP contribution in [0.1, 0.15) is 22.7 Å². The number of amides is 1. The Hall–Kier alpha value is -3.54. The van der Waals surface area contributed by atoms with Gasteiger partial charge in [0.2, 0.25) is 0 Å². The van der Waals surface area contributed by atoms with E-state index < -0.39 is 0 Å². The van der Waals surface area contributed by atoms with Gasteiger partial charge in [-0.1, -0.05) is 42.5 Å². The fraction of sp³-hybridized carbons (Fsp3) is 0.174. The highest BCUT2D eigenvalue weighted by atomic mass is 19.1. The van der Waals surface area contributed by atoms with Crippen LogP contribution in [-0.4, -0.2) is 33.8 Å². The van der Waals surface area contributed by atoms with Gasteiger partial charge in [0, 0.05) is 18.0 Å². The van der Waals surface area contributed by atoms with Crippen LogP contribution < -0.4 is 0 Å². The molecule has 5 nitrogen and oxygen atoms in total. The van der Waals surface area contributed by atoms with E-state index in [0.717, 1.165) is 5.56 Å². The van der Waals surface area contributed by atoms with Crippen molar-refractivity contribution >= 4 is 12.2 Å². The average Bonchev–Trinajstić information content (AvgIpc) is 3.12. The molecule has 5 rings (SSSR count). The third kappa shape index (κ3) is 3.27. The van der Waals surface area contributed by atoms with Crippen LogP contribution in [0, 0.1) is 5.82 Å². The standard InChI is InChI=1S/C23H18FN3O2/c24-17-6-3-5-15(12-17)21-11-9-18(25-26-21)8-10-20-19-7-2-1-4-16(19)13-27-22(20)14-29-23(27)28/h1-12,20,22H,13-14H2/t20?,22-/m1/s1. The smallest absolute Gasteiger partial charge is 0.410 e. The first-order chi connectivity index (χ1) is 14.2. The number of hydrogen-bond donors (Lipinski definition) is 0. The highest BCUT2D eigenvalue weighted by Gasteiger charge is 2.42. The van der Waals surface area contributed by atoms with Gasteiger partial charge in [-0.25, -0.2) is 9.18 Å². The van der Waals surface area contributed by atoms with Gasteiger partial charge >= 0.3 is 6.09 Å². The van der Waals surface area contributed by atoms with Crippen molar-refractivity contribution in [3.05, 3.63) is 89.4 Å². The number of carbonyl (C=O) groups is 1. The van der Waals surface area contributed by atoms with Gasteiger partial charge in [0.15, 0.2) is 0 Å². The molecule has 1 amide bonds. The molecule has 2 aromatic carbocycles. The first kappa shape index (κ1) is 17.6. The van der Waals surface area contributed by atoms with Crippen molar-refractivity contribution in [1.29, 1.82) is 0 Å². The summed E-state index contributed by atoms with van der Waals surface area (Å²) in [5, 5.41) is 8.47. The van der Waals surface area contributed by atoms with Gasteiger partial charge in [0.1, 0.15) is 12.4 Å². The zero-order chi connectivity index (χ0) is 19.8. The van der Waals surface area contributed by atoms with Crippen molar-refractivity contribution in [2.24, 2.45) is 0 Å². The van der Waals surface area contributed by atoms with Gasteiger partial charge < -0.3 is 4.74 Å². The summed E-state index contributed by atoms with van der Waals surface area (Å²) in [4.78, 5) is 13.9. The van der Waals surface area contributed by atoms with Crippen LogP contribution in [0.2, 0.25) is 0 Å². The normalized spacial score (nSPS) is 20.4. The predicted octanol–water partition coefficient (Wildman–Crippen LogP) is 4.41. The molecule has 3 aromatic rings. The maximum atomic E-state index is 13.4. The molecule has 0 saturated carbocycles. The first-order valence-corrected chi connectivity index (χ1v) is 9.48. The lowest BCUT2D eigenvalue weighted by Gasteiger charge is -2.34. The zero-order valence-electron chi connectivity index (χ0n) is 15.5. The monoisotopic (exact) mass is 387 g/mol. The van der Waals surface area contributed by atoms with Crippen LogP contribution in [-0.2, 0) is 11.3 Å². The maximum absolute atomic E-state index is 13.4. The van der Waals surface area contributed by atoms with Crippen molar-refractivity contribution < 1.29 is 13.9 Å². The van der Waals surface area contributed by atoms with Gasteiger partial charge in [-0.15, -0.1) is 5.10 Å². The van der Waals surface area contributed by atoms with Crippen molar-refractivity contribution in [2.45, 2.75) is 18.5 Å². The second kappa shape index (κ2) is 7.13. The Kier molecular flexibility index (Phi) is 4.31. The molecule has 29 heavy (non-hydrogen) atoms. The SMILES string of the molecule is O=C1OC[C@@H]2C(C=Cc3ccc(-c4cccc(F)c4)nn3)c3ccccc3CN12. The predicted molar refractivity (Wildman–Crippen MR) is 106 cm³/mol. The lowest BCUT2D eigenvalue weighted by atomic mass is 9.84. The summed E-state index contributed by atoms with van der Waals surface area (Å²) in [7, 11) is 0. The highest BCUT2D eigenvalue weighted by molar-refractivity contribution is 5.71. The van der Waals surface area contributed by atoms with Crippen molar-refractivity contribution in [1.82, 2.24) is 15.1 Å². The van der Waals surface area contributed by atoms with E-state index in [1.54, 1.807) is 17.0 Å². The van der Waals surface area contributed by atoms with E-state index >= 15 is 0 Å². The molecule has 0 N–H and O–H groups in total. The summed E-state index contributed by atoms with van der Waals surface area (Å²) in [5.74, 6) is -0.279. The second-order valence-electron chi connectivity index (χ2n) is 7.21. The third-order valence-corrected chi connectivity index (χ3v) is 5.46. The number of nitrogens with zero attached hydrogens (tertiary/aromatic N) is 3. The fourth-order valence-electron chi connectivity index (χ4n) is 4.01. The molecule has 2 aliphatic heterocycles. The maximum Gasteiger partial charge on any atom is 0.410 e. The van der Waals surface area contributed by atoms with Crippen molar-refractivity contribution in [3.63, 3.8) is 0 Å². The first-order valence-electron chi connectivity index (χ1n) is 9.48. The molecule has 1 aromatic heterocycles. The van der Waals surface area contributed by atoms with E-state index in [-0.39, 0.29) is 23.9 Å². The average molecular weight is 387 g/mol. The van der Waals surface area contributed by atoms with E-state index in [9.17, 15) is 9.18 Å². The minimum atomic E-state index is -0.304. The third-order valence-electron chi connectivity index (χ3n) is 5.46. The van der Waals surface area contributed by atoms with E-state index in [4.69, 9.17) is 4.74 Å². The molecule has 2 aliphatic rings. The molecular weight excluding hydrogens is 369 g/mol. The fourth-order valence-corrected chi connectivity index (χ4v) is 4.01. The second-order valence-corrected chi connectivity index (χ2v) is 7.21. The molecule has 0 spiro atoms. The van der Waals surface area contributed by atoms with Gasteiger partial charge in [-0.05, 0) is 41.5 Å². The van der Waals surface area contributed by atoms with Crippen LogP contribution in [0.4, 0.5) is 9.18 Å². The molecule has 2 atom stereocenters. The lowest BCUT2D eigenvalue weighted by Crippen LogP contribution is -2.41. The van der Waals surface area contributed by atoms with Gasteiger partial charge in [0.05, 0.1) is 17.4 Å². The molecule has 0 bridgehead atoms. The van der Waals surface area contributed by atoms with Crippen LogP contribution in [0.5, 0.6) is 0 Å². The topological polar surface area (TPSA) is 55.3 Å². The number of ether oxygens (including phenoxy) is 1. The van der Waals surface area contributed by atoms with Crippen molar-refractivity contribution in [2.75, 3.05) is 6.61 Å². The van der Waals surface area contributed by atoms with Crippen LogP contribution >= 0.6 is 0 Å². The highest BCUT2D eigenvalue weighted by Crippen LogP contribution is 2.37. The molecule has 1 unspecified atom stereocenters.